The summed E-state index contributed by atoms with van der Waals surface area (Å²) in [5.41, 5.74) is 3.72. The van der Waals surface area contributed by atoms with Gasteiger partial charge in [0.05, 0.1) is 34.7 Å². The van der Waals surface area contributed by atoms with E-state index in [1.165, 1.54) is 6.07 Å². The maximum atomic E-state index is 14.4. The summed E-state index contributed by atoms with van der Waals surface area (Å²) in [7, 11) is 3.54. The van der Waals surface area contributed by atoms with Crippen LogP contribution in [0.3, 0.4) is 0 Å². The summed E-state index contributed by atoms with van der Waals surface area (Å²) in [6, 6.07) is 6.84. The second-order valence-electron chi connectivity index (χ2n) is 7.02. The van der Waals surface area contributed by atoms with Gasteiger partial charge in [0.25, 0.3) is 5.56 Å². The Bertz CT molecular complexity index is 1200. The molecule has 1 N–H and O–H groups in total. The first-order chi connectivity index (χ1) is 13.3. The Morgan fingerprint density at radius 3 is 2.75 bits per heavy atom. The SMILES string of the molecule is Cc1cc2n(c(=O)c1COC(=O)O)Cc1cc3cc(N(C)C)c(F)cc3nc1-2. The Labute approximate surface area is 159 Å². The van der Waals surface area contributed by atoms with Gasteiger partial charge in [-0.2, -0.15) is 0 Å². The number of pyridine rings is 2. The first-order valence-electron chi connectivity index (χ1n) is 8.66. The molecule has 0 amide bonds. The summed E-state index contributed by atoms with van der Waals surface area (Å²) in [6.07, 6.45) is -1.43. The van der Waals surface area contributed by atoms with Crippen molar-refractivity contribution in [3.63, 3.8) is 0 Å². The fourth-order valence-electron chi connectivity index (χ4n) is 3.56. The highest BCUT2D eigenvalue weighted by molar-refractivity contribution is 5.87. The van der Waals surface area contributed by atoms with E-state index < -0.39 is 6.16 Å². The van der Waals surface area contributed by atoms with E-state index in [-0.39, 0.29) is 18.0 Å². The van der Waals surface area contributed by atoms with Crippen LogP contribution in [0.15, 0.2) is 29.1 Å². The monoisotopic (exact) mass is 383 g/mol. The van der Waals surface area contributed by atoms with Gasteiger partial charge in [0.15, 0.2) is 0 Å². The van der Waals surface area contributed by atoms with E-state index in [9.17, 15) is 14.0 Å². The van der Waals surface area contributed by atoms with E-state index in [0.29, 0.717) is 40.3 Å². The molecule has 0 spiro atoms. The summed E-state index contributed by atoms with van der Waals surface area (Å²) in [5, 5.41) is 9.50. The van der Waals surface area contributed by atoms with Crippen molar-refractivity contribution in [2.75, 3.05) is 19.0 Å². The lowest BCUT2D eigenvalue weighted by Gasteiger charge is -2.14. The summed E-state index contributed by atoms with van der Waals surface area (Å²) in [5.74, 6) is -0.363. The zero-order chi connectivity index (χ0) is 20.2. The van der Waals surface area contributed by atoms with E-state index in [2.05, 4.69) is 9.72 Å². The first-order valence-corrected chi connectivity index (χ1v) is 8.66. The van der Waals surface area contributed by atoms with Crippen molar-refractivity contribution in [3.8, 4) is 11.4 Å². The van der Waals surface area contributed by atoms with Gasteiger partial charge in [0.1, 0.15) is 12.4 Å². The molecule has 0 saturated heterocycles. The van der Waals surface area contributed by atoms with Crippen molar-refractivity contribution < 1.29 is 19.0 Å². The van der Waals surface area contributed by atoms with Crippen molar-refractivity contribution in [1.82, 2.24) is 9.55 Å². The second kappa shape index (κ2) is 6.33. The van der Waals surface area contributed by atoms with Crippen molar-refractivity contribution in [3.05, 3.63) is 57.1 Å². The fourth-order valence-corrected chi connectivity index (χ4v) is 3.56. The molecule has 2 aromatic heterocycles. The molecule has 0 atom stereocenters. The molecule has 144 valence electrons. The first kappa shape index (κ1) is 18.0. The molecule has 1 aromatic carbocycles. The van der Waals surface area contributed by atoms with Crippen LogP contribution in [0, 0.1) is 12.7 Å². The van der Waals surface area contributed by atoms with Crippen LogP contribution in [0.25, 0.3) is 22.3 Å². The Morgan fingerprint density at radius 2 is 2.07 bits per heavy atom. The summed E-state index contributed by atoms with van der Waals surface area (Å²) in [4.78, 5) is 29.8. The van der Waals surface area contributed by atoms with Crippen LogP contribution in [0.5, 0.6) is 0 Å². The molecular weight excluding hydrogens is 365 g/mol. The number of nitrogens with zero attached hydrogens (tertiary/aromatic N) is 3. The van der Waals surface area contributed by atoms with Crippen LogP contribution in [0.4, 0.5) is 14.9 Å². The molecule has 1 aliphatic rings. The van der Waals surface area contributed by atoms with Gasteiger partial charge in [0.2, 0.25) is 0 Å². The van der Waals surface area contributed by atoms with Gasteiger partial charge in [-0.15, -0.1) is 0 Å². The van der Waals surface area contributed by atoms with Crippen LogP contribution < -0.4 is 10.5 Å². The van der Waals surface area contributed by atoms with Gasteiger partial charge in [-0.05, 0) is 30.7 Å². The Morgan fingerprint density at radius 1 is 1.32 bits per heavy atom. The van der Waals surface area contributed by atoms with Crippen LogP contribution in [0.1, 0.15) is 16.7 Å². The number of carboxylic acid groups (broad SMARTS) is 1. The smallest absolute Gasteiger partial charge is 0.450 e. The molecule has 3 aromatic rings. The Kier molecular flexibility index (Phi) is 4.06. The average molecular weight is 383 g/mol. The number of hydrogen-bond acceptors (Lipinski definition) is 5. The lowest BCUT2D eigenvalue weighted by Crippen LogP contribution is -2.25. The number of hydrogen-bond donors (Lipinski definition) is 1. The molecule has 0 bridgehead atoms. The van der Waals surface area contributed by atoms with Gasteiger partial charge in [-0.1, -0.05) is 0 Å². The van der Waals surface area contributed by atoms with Gasteiger partial charge < -0.3 is 19.3 Å². The third kappa shape index (κ3) is 2.77. The fraction of sp³-hybridized carbons (Fsp3) is 0.250. The molecule has 0 aliphatic carbocycles. The highest BCUT2D eigenvalue weighted by Gasteiger charge is 2.25. The standard InChI is InChI=1S/C20H18FN3O4/c1-10-4-17-18-12(8-24(17)19(25)13(10)9-28-20(26)27)5-11-6-16(23(2)3)14(21)7-15(11)22-18/h4-7H,8-9H2,1-3H3,(H,26,27). The quantitative estimate of drug-likeness (QED) is 0.547. The van der Waals surface area contributed by atoms with Crippen LogP contribution >= 0.6 is 0 Å². The molecule has 0 fully saturated rings. The summed E-state index contributed by atoms with van der Waals surface area (Å²) < 4.78 is 20.5. The minimum absolute atomic E-state index is 0.296. The molecule has 1 aliphatic heterocycles. The van der Waals surface area contributed by atoms with Crippen molar-refractivity contribution in [2.45, 2.75) is 20.1 Å². The number of ether oxygens (including phenoxy) is 1. The normalized spacial score (nSPS) is 12.0. The van der Waals surface area contributed by atoms with Crippen molar-refractivity contribution in [1.29, 1.82) is 0 Å². The highest BCUT2D eigenvalue weighted by atomic mass is 19.1. The molecule has 0 unspecified atom stereocenters. The third-order valence-electron chi connectivity index (χ3n) is 4.98. The molecule has 8 heteroatoms. The molecule has 28 heavy (non-hydrogen) atoms. The zero-order valence-corrected chi connectivity index (χ0v) is 15.6. The van der Waals surface area contributed by atoms with Crippen molar-refractivity contribution >= 4 is 22.7 Å². The average Bonchev–Trinajstić information content (AvgIpc) is 2.96. The van der Waals surface area contributed by atoms with E-state index in [4.69, 9.17) is 5.11 Å². The lowest BCUT2D eigenvalue weighted by atomic mass is 10.1. The maximum absolute atomic E-state index is 14.4. The largest absolute Gasteiger partial charge is 0.506 e. The highest BCUT2D eigenvalue weighted by Crippen LogP contribution is 2.34. The molecule has 7 nitrogen and oxygen atoms in total. The number of rotatable bonds is 3. The Hall–Kier alpha value is -3.42. The number of aryl methyl sites for hydroxylation is 1. The maximum Gasteiger partial charge on any atom is 0.506 e. The van der Waals surface area contributed by atoms with Gasteiger partial charge >= 0.3 is 6.16 Å². The minimum Gasteiger partial charge on any atom is -0.450 e. The van der Waals surface area contributed by atoms with E-state index in [1.807, 2.05) is 6.07 Å². The molecule has 3 heterocycles. The van der Waals surface area contributed by atoms with E-state index in [0.717, 1.165) is 10.9 Å². The lowest BCUT2D eigenvalue weighted by molar-refractivity contribution is 0.0848. The zero-order valence-electron chi connectivity index (χ0n) is 15.6. The number of aromatic nitrogens is 2. The molecule has 4 rings (SSSR count). The van der Waals surface area contributed by atoms with Crippen LogP contribution in [-0.2, 0) is 17.9 Å². The van der Waals surface area contributed by atoms with E-state index in [1.54, 1.807) is 42.6 Å². The summed E-state index contributed by atoms with van der Waals surface area (Å²) >= 11 is 0. The number of halogens is 1. The number of benzene rings is 1. The number of fused-ring (bicyclic) bond motifs is 4. The number of carbonyl (C=O) groups is 1. The van der Waals surface area contributed by atoms with Crippen LogP contribution in [0.2, 0.25) is 0 Å². The molecule has 0 saturated carbocycles. The van der Waals surface area contributed by atoms with Crippen molar-refractivity contribution in [2.24, 2.45) is 0 Å². The molecule has 0 radical (unpaired) electrons. The van der Waals surface area contributed by atoms with Crippen LogP contribution in [-0.4, -0.2) is 34.9 Å². The predicted octanol–water partition coefficient (Wildman–Crippen LogP) is 3.13. The third-order valence-corrected chi connectivity index (χ3v) is 4.98. The Balaban J connectivity index is 1.86. The predicted molar refractivity (Wildman–Crippen MR) is 102 cm³/mol. The van der Waals surface area contributed by atoms with E-state index >= 15 is 0 Å². The summed E-state index contributed by atoms with van der Waals surface area (Å²) in [6.45, 7) is 1.75. The minimum atomic E-state index is -1.43. The van der Waals surface area contributed by atoms with Gasteiger partial charge in [0, 0.05) is 31.1 Å². The topological polar surface area (TPSA) is 84.7 Å². The molecular formula is C20H18FN3O4. The van der Waals surface area contributed by atoms with Gasteiger partial charge in [-0.25, -0.2) is 14.2 Å². The number of anilines is 1. The van der Waals surface area contributed by atoms with Gasteiger partial charge in [-0.3, -0.25) is 4.79 Å². The second-order valence-corrected chi connectivity index (χ2v) is 7.02.